The molecule has 2 N–H and O–H groups in total. The lowest BCUT2D eigenvalue weighted by atomic mass is 10.1. The number of aryl methyl sites for hydroxylation is 1. The third kappa shape index (κ3) is 3.05. The predicted octanol–water partition coefficient (Wildman–Crippen LogP) is 2.60. The molecule has 0 bridgehead atoms. The average molecular weight is 420 g/mol. The van der Waals surface area contributed by atoms with Crippen LogP contribution < -0.4 is 10.6 Å². The molecule has 0 aliphatic carbocycles. The van der Waals surface area contributed by atoms with Crippen molar-refractivity contribution in [3.63, 3.8) is 0 Å². The van der Waals surface area contributed by atoms with E-state index in [1.807, 2.05) is 35.9 Å². The van der Waals surface area contributed by atoms with Crippen LogP contribution in [0, 0.1) is 0 Å². The topological polar surface area (TPSA) is 124 Å². The number of amides is 1. The maximum absolute atomic E-state index is 12.1. The Morgan fingerprint density at radius 1 is 1.27 bits per heavy atom. The van der Waals surface area contributed by atoms with Crippen molar-refractivity contribution in [2.75, 3.05) is 12.4 Å². The summed E-state index contributed by atoms with van der Waals surface area (Å²) in [5.74, 6) is 0.817. The number of pyridine rings is 1. The Bertz CT molecular complexity index is 1370. The molecule has 0 aliphatic rings. The van der Waals surface area contributed by atoms with Gasteiger partial charge in [-0.25, -0.2) is 9.97 Å². The lowest BCUT2D eigenvalue weighted by Crippen LogP contribution is -2.23. The fourth-order valence-corrected chi connectivity index (χ4v) is 3.66. The van der Waals surface area contributed by atoms with Gasteiger partial charge in [0.15, 0.2) is 17.0 Å². The Labute approximate surface area is 174 Å². The number of rotatable bonds is 5. The van der Waals surface area contributed by atoms with Crippen molar-refractivity contribution in [2.24, 2.45) is 7.05 Å². The molecule has 0 unspecified atom stereocenters. The Morgan fingerprint density at radius 2 is 2.17 bits per heavy atom. The maximum atomic E-state index is 12.1. The zero-order chi connectivity index (χ0) is 20.7. The minimum atomic E-state index is -0.265. The normalized spacial score (nSPS) is 11.3. The van der Waals surface area contributed by atoms with Gasteiger partial charge in [-0.3, -0.25) is 4.79 Å². The standard InChI is InChI=1S/C19H16N8O2S/c1-20-16-13-15(27(2)9-22-13)14-19(24-16)29-18(23-14)11-5-3-4-10(6-11)7-21-17(28)12-8-30-26-25-12/h3-6,8-9H,7H2,1-2H3,(H,20,24)(H,21,28). The highest BCUT2D eigenvalue weighted by molar-refractivity contribution is 7.03. The molecule has 0 fully saturated rings. The number of oxazole rings is 1. The van der Waals surface area contributed by atoms with Crippen LogP contribution in [0.1, 0.15) is 16.1 Å². The van der Waals surface area contributed by atoms with E-state index in [1.165, 1.54) is 0 Å². The van der Waals surface area contributed by atoms with Crippen LogP contribution in [0.25, 0.3) is 33.7 Å². The van der Waals surface area contributed by atoms with Gasteiger partial charge >= 0.3 is 0 Å². The Morgan fingerprint density at radius 3 is 2.97 bits per heavy atom. The van der Waals surface area contributed by atoms with E-state index < -0.39 is 0 Å². The molecule has 0 saturated heterocycles. The van der Waals surface area contributed by atoms with Crippen molar-refractivity contribution >= 4 is 45.5 Å². The van der Waals surface area contributed by atoms with Gasteiger partial charge in [0, 0.05) is 31.6 Å². The highest BCUT2D eigenvalue weighted by Crippen LogP contribution is 2.31. The summed E-state index contributed by atoms with van der Waals surface area (Å²) < 4.78 is 11.6. The number of anilines is 1. The maximum Gasteiger partial charge on any atom is 0.273 e. The first-order valence-corrected chi connectivity index (χ1v) is 9.91. The second-order valence-corrected chi connectivity index (χ2v) is 7.22. The zero-order valence-electron chi connectivity index (χ0n) is 16.1. The minimum absolute atomic E-state index is 0.265. The van der Waals surface area contributed by atoms with Crippen molar-refractivity contribution in [1.82, 2.24) is 34.4 Å². The van der Waals surface area contributed by atoms with Gasteiger partial charge in [0.2, 0.25) is 5.89 Å². The summed E-state index contributed by atoms with van der Waals surface area (Å²) in [7, 11) is 3.70. The third-order valence-corrected chi connectivity index (χ3v) is 5.17. The average Bonchev–Trinajstić information content (AvgIpc) is 3.51. The molecule has 11 heteroatoms. The molecule has 1 amide bonds. The van der Waals surface area contributed by atoms with Crippen LogP contribution in [-0.4, -0.2) is 42.1 Å². The molecule has 4 aromatic heterocycles. The van der Waals surface area contributed by atoms with E-state index in [4.69, 9.17) is 4.42 Å². The quantitative estimate of drug-likeness (QED) is 0.445. The first kappa shape index (κ1) is 18.2. The van der Waals surface area contributed by atoms with Gasteiger partial charge in [-0.15, -0.1) is 5.10 Å². The molecule has 30 heavy (non-hydrogen) atoms. The number of hydrogen-bond acceptors (Lipinski definition) is 9. The fourth-order valence-electron chi connectivity index (χ4n) is 3.23. The molecular weight excluding hydrogens is 404 g/mol. The number of nitrogens with one attached hydrogen (secondary N) is 2. The van der Waals surface area contributed by atoms with Gasteiger partial charge in [-0.2, -0.15) is 4.98 Å². The molecule has 0 aliphatic heterocycles. The van der Waals surface area contributed by atoms with Gasteiger partial charge in [0.1, 0.15) is 11.0 Å². The van der Waals surface area contributed by atoms with Crippen molar-refractivity contribution in [3.8, 4) is 11.5 Å². The largest absolute Gasteiger partial charge is 0.418 e. The molecular formula is C19H16N8O2S. The summed E-state index contributed by atoms with van der Waals surface area (Å²) in [6.07, 6.45) is 1.72. The lowest BCUT2D eigenvalue weighted by molar-refractivity contribution is 0.0946. The SMILES string of the molecule is CNc1nc2oc(-c3cccc(CNC(=O)c4csnn4)c3)nc2c2c1ncn2C. The highest BCUT2D eigenvalue weighted by atomic mass is 32.1. The summed E-state index contributed by atoms with van der Waals surface area (Å²) in [6.45, 7) is 0.346. The van der Waals surface area contributed by atoms with E-state index >= 15 is 0 Å². The number of carbonyl (C=O) groups excluding carboxylic acids is 1. The van der Waals surface area contributed by atoms with Gasteiger partial charge in [0.05, 0.1) is 6.33 Å². The van der Waals surface area contributed by atoms with Crippen molar-refractivity contribution in [1.29, 1.82) is 0 Å². The first-order valence-electron chi connectivity index (χ1n) is 9.08. The van der Waals surface area contributed by atoms with Crippen molar-refractivity contribution in [3.05, 3.63) is 47.2 Å². The number of fused-ring (bicyclic) bond motifs is 3. The molecule has 1 aromatic carbocycles. The molecule has 10 nitrogen and oxygen atoms in total. The summed E-state index contributed by atoms with van der Waals surface area (Å²) in [5, 5.41) is 11.3. The van der Waals surface area contributed by atoms with Gasteiger partial charge in [-0.05, 0) is 29.2 Å². The molecule has 0 saturated carbocycles. The van der Waals surface area contributed by atoms with E-state index in [-0.39, 0.29) is 5.91 Å². The number of imidazole rings is 1. The van der Waals surface area contributed by atoms with Crippen LogP contribution in [0.4, 0.5) is 5.82 Å². The van der Waals surface area contributed by atoms with Crippen LogP contribution in [0.5, 0.6) is 0 Å². The van der Waals surface area contributed by atoms with Crippen LogP contribution >= 0.6 is 11.5 Å². The Balaban J connectivity index is 1.48. The second kappa shape index (κ2) is 7.19. The Hall–Kier alpha value is -3.86. The monoisotopic (exact) mass is 420 g/mol. The first-order chi connectivity index (χ1) is 14.6. The van der Waals surface area contributed by atoms with Crippen LogP contribution in [0.15, 0.2) is 40.4 Å². The number of hydrogen-bond donors (Lipinski definition) is 2. The van der Waals surface area contributed by atoms with E-state index in [1.54, 1.807) is 18.8 Å². The summed E-state index contributed by atoms with van der Waals surface area (Å²) >= 11 is 1.14. The van der Waals surface area contributed by atoms with E-state index in [2.05, 4.69) is 35.2 Å². The molecule has 150 valence electrons. The molecule has 0 spiro atoms. The molecule has 0 atom stereocenters. The number of nitrogens with zero attached hydrogens (tertiary/aromatic N) is 6. The van der Waals surface area contributed by atoms with Crippen LogP contribution in [0.3, 0.4) is 0 Å². The highest BCUT2D eigenvalue weighted by Gasteiger charge is 2.18. The van der Waals surface area contributed by atoms with Crippen LogP contribution in [-0.2, 0) is 13.6 Å². The number of aromatic nitrogens is 6. The van der Waals surface area contributed by atoms with Crippen molar-refractivity contribution in [2.45, 2.75) is 6.54 Å². The molecule has 4 heterocycles. The van der Waals surface area contributed by atoms with Gasteiger partial charge in [-0.1, -0.05) is 16.6 Å². The molecule has 5 aromatic rings. The minimum Gasteiger partial charge on any atom is -0.418 e. The number of benzene rings is 1. The Kier molecular flexibility index (Phi) is 4.36. The smallest absolute Gasteiger partial charge is 0.273 e. The van der Waals surface area contributed by atoms with Crippen LogP contribution in [0.2, 0.25) is 0 Å². The van der Waals surface area contributed by atoms with Crippen molar-refractivity contribution < 1.29 is 9.21 Å². The summed E-state index contributed by atoms with van der Waals surface area (Å²) in [4.78, 5) is 25.7. The number of carbonyl (C=O) groups is 1. The predicted molar refractivity (Wildman–Crippen MR) is 112 cm³/mol. The molecule has 0 radical (unpaired) electrons. The van der Waals surface area contributed by atoms with E-state index in [0.29, 0.717) is 35.2 Å². The van der Waals surface area contributed by atoms with Gasteiger partial charge < -0.3 is 19.6 Å². The van der Waals surface area contributed by atoms with Gasteiger partial charge in [0.25, 0.3) is 11.6 Å². The van der Waals surface area contributed by atoms with E-state index in [0.717, 1.165) is 33.7 Å². The fraction of sp³-hybridized carbons (Fsp3) is 0.158. The third-order valence-electron chi connectivity index (χ3n) is 4.66. The zero-order valence-corrected chi connectivity index (χ0v) is 16.9. The lowest BCUT2D eigenvalue weighted by Gasteiger charge is -2.04. The van der Waals surface area contributed by atoms with E-state index in [9.17, 15) is 4.79 Å². The second-order valence-electron chi connectivity index (χ2n) is 6.61. The molecule has 5 rings (SSSR count). The summed E-state index contributed by atoms with van der Waals surface area (Å²) in [6, 6.07) is 7.63. The summed E-state index contributed by atoms with van der Waals surface area (Å²) in [5.41, 5.74) is 4.66.